The molecule has 1 unspecified atom stereocenters. The molecule has 2 N–H and O–H groups in total. The van der Waals surface area contributed by atoms with Crippen LogP contribution in [0, 0.1) is 17.0 Å². The predicted molar refractivity (Wildman–Crippen MR) is 69.4 cm³/mol. The van der Waals surface area contributed by atoms with E-state index in [1.165, 1.54) is 12.1 Å². The zero-order valence-electron chi connectivity index (χ0n) is 9.98. The summed E-state index contributed by atoms with van der Waals surface area (Å²) in [4.78, 5) is 0. The highest BCUT2D eigenvalue weighted by molar-refractivity contribution is 9.10. The average Bonchev–Trinajstić information content (AvgIpc) is 2.40. The second kappa shape index (κ2) is 5.63. The number of rotatable bonds is 3. The van der Waals surface area contributed by atoms with Gasteiger partial charge < -0.3 is 10.4 Å². The van der Waals surface area contributed by atoms with E-state index in [0.29, 0.717) is 6.54 Å². The number of nitrogens with one attached hydrogen (secondary N) is 1. The van der Waals surface area contributed by atoms with Gasteiger partial charge in [0.2, 0.25) is 0 Å². The van der Waals surface area contributed by atoms with Crippen molar-refractivity contribution in [2.45, 2.75) is 19.3 Å². The molecule has 0 spiro atoms. The minimum Gasteiger partial charge on any atom is -0.396 e. The molecule has 5 heteroatoms. The fraction of sp³-hybridized carbons (Fsp3) is 0.538. The van der Waals surface area contributed by atoms with E-state index in [4.69, 9.17) is 0 Å². The van der Waals surface area contributed by atoms with Gasteiger partial charge in [-0.15, -0.1) is 0 Å². The molecule has 1 aromatic carbocycles. The number of hydrogen-bond acceptors (Lipinski definition) is 2. The number of aliphatic hydroxyl groups excluding tert-OH is 1. The van der Waals surface area contributed by atoms with E-state index in [0.717, 1.165) is 19.4 Å². The predicted octanol–water partition coefficient (Wildman–Crippen LogP) is 2.63. The van der Waals surface area contributed by atoms with Crippen molar-refractivity contribution in [2.75, 3.05) is 19.7 Å². The largest absolute Gasteiger partial charge is 0.396 e. The maximum absolute atomic E-state index is 13.9. The maximum Gasteiger partial charge on any atom is 0.143 e. The summed E-state index contributed by atoms with van der Waals surface area (Å²) in [5.74, 6) is -1.11. The molecule has 1 atom stereocenters. The Morgan fingerprint density at radius 2 is 2.17 bits per heavy atom. The molecule has 0 saturated carbocycles. The van der Waals surface area contributed by atoms with Gasteiger partial charge in [0.25, 0.3) is 0 Å². The normalized spacial score (nSPS) is 24.2. The summed E-state index contributed by atoms with van der Waals surface area (Å²) < 4.78 is 27.9. The Balaban J connectivity index is 2.29. The second-order valence-corrected chi connectivity index (χ2v) is 5.79. The van der Waals surface area contributed by atoms with Crippen molar-refractivity contribution in [1.82, 2.24) is 5.32 Å². The molecule has 1 heterocycles. The molecule has 0 aromatic heterocycles. The smallest absolute Gasteiger partial charge is 0.143 e. The van der Waals surface area contributed by atoms with Crippen molar-refractivity contribution in [3.8, 4) is 0 Å². The van der Waals surface area contributed by atoms with Crippen molar-refractivity contribution < 1.29 is 13.9 Å². The monoisotopic (exact) mass is 319 g/mol. The van der Waals surface area contributed by atoms with E-state index in [1.54, 1.807) is 0 Å². The van der Waals surface area contributed by atoms with Crippen LogP contribution in [-0.4, -0.2) is 24.8 Å². The van der Waals surface area contributed by atoms with Gasteiger partial charge in [-0.25, -0.2) is 8.78 Å². The molecule has 0 amide bonds. The van der Waals surface area contributed by atoms with Gasteiger partial charge in [-0.2, -0.15) is 0 Å². The van der Waals surface area contributed by atoms with Gasteiger partial charge in [0.1, 0.15) is 11.6 Å². The summed E-state index contributed by atoms with van der Waals surface area (Å²) in [6, 6.07) is 2.61. The van der Waals surface area contributed by atoms with Crippen LogP contribution in [0.4, 0.5) is 8.78 Å². The lowest BCUT2D eigenvalue weighted by molar-refractivity contribution is 0.0929. The third kappa shape index (κ3) is 2.73. The third-order valence-electron chi connectivity index (χ3n) is 3.59. The zero-order valence-corrected chi connectivity index (χ0v) is 11.6. The fourth-order valence-corrected chi connectivity index (χ4v) is 2.85. The minimum atomic E-state index is -0.562. The minimum absolute atomic E-state index is 0.0575. The van der Waals surface area contributed by atoms with E-state index < -0.39 is 17.0 Å². The van der Waals surface area contributed by atoms with Crippen molar-refractivity contribution >= 4 is 15.9 Å². The first kappa shape index (κ1) is 13.9. The SMILES string of the molecule is OCC1(Cc2c(F)ccc(Br)c2F)CCCNC1. The van der Waals surface area contributed by atoms with E-state index in [2.05, 4.69) is 21.2 Å². The number of halogens is 3. The molecular weight excluding hydrogens is 304 g/mol. The second-order valence-electron chi connectivity index (χ2n) is 4.94. The van der Waals surface area contributed by atoms with Crippen LogP contribution in [-0.2, 0) is 6.42 Å². The summed E-state index contributed by atoms with van der Waals surface area (Å²) >= 11 is 3.06. The molecule has 100 valence electrons. The van der Waals surface area contributed by atoms with Crippen LogP contribution < -0.4 is 5.32 Å². The Kier molecular flexibility index (Phi) is 4.35. The standard InChI is InChI=1S/C13H16BrF2NO/c14-10-2-3-11(15)9(12(10)16)6-13(8-18)4-1-5-17-7-13/h2-3,17-18H,1,4-8H2. The molecule has 2 rings (SSSR count). The van der Waals surface area contributed by atoms with Crippen LogP contribution in [0.2, 0.25) is 0 Å². The van der Waals surface area contributed by atoms with Crippen molar-refractivity contribution in [1.29, 1.82) is 0 Å². The highest BCUT2D eigenvalue weighted by atomic mass is 79.9. The van der Waals surface area contributed by atoms with E-state index in [-0.39, 0.29) is 23.1 Å². The molecule has 1 fully saturated rings. The Morgan fingerprint density at radius 3 is 2.78 bits per heavy atom. The van der Waals surface area contributed by atoms with Crippen LogP contribution in [0.15, 0.2) is 16.6 Å². The lowest BCUT2D eigenvalue weighted by Crippen LogP contribution is -2.44. The van der Waals surface area contributed by atoms with Gasteiger partial charge in [-0.05, 0) is 53.9 Å². The molecule has 18 heavy (non-hydrogen) atoms. The van der Waals surface area contributed by atoms with Crippen LogP contribution in [0.5, 0.6) is 0 Å². The van der Waals surface area contributed by atoms with Gasteiger partial charge in [0.05, 0.1) is 11.1 Å². The Labute approximate surface area is 114 Å². The Bertz CT molecular complexity index is 433. The van der Waals surface area contributed by atoms with Gasteiger partial charge in [-0.1, -0.05) is 0 Å². The molecule has 1 aliphatic heterocycles. The topological polar surface area (TPSA) is 32.3 Å². The van der Waals surface area contributed by atoms with Crippen molar-refractivity contribution in [3.63, 3.8) is 0 Å². The number of aliphatic hydroxyl groups is 1. The van der Waals surface area contributed by atoms with E-state index >= 15 is 0 Å². The van der Waals surface area contributed by atoms with Crippen LogP contribution >= 0.6 is 15.9 Å². The first-order valence-corrected chi connectivity index (χ1v) is 6.81. The summed E-state index contributed by atoms with van der Waals surface area (Å²) in [5.41, 5.74) is -0.400. The number of benzene rings is 1. The molecule has 1 aliphatic rings. The van der Waals surface area contributed by atoms with E-state index in [1.807, 2.05) is 0 Å². The first-order chi connectivity index (χ1) is 8.58. The average molecular weight is 320 g/mol. The summed E-state index contributed by atoms with van der Waals surface area (Å²) in [6.07, 6.45) is 1.91. The quantitative estimate of drug-likeness (QED) is 0.839. The first-order valence-electron chi connectivity index (χ1n) is 6.02. The van der Waals surface area contributed by atoms with E-state index in [9.17, 15) is 13.9 Å². The summed E-state index contributed by atoms with van der Waals surface area (Å²) in [6.45, 7) is 1.42. The number of hydrogen-bond donors (Lipinski definition) is 2. The highest BCUT2D eigenvalue weighted by Crippen LogP contribution is 2.33. The number of piperidine rings is 1. The fourth-order valence-electron chi connectivity index (χ4n) is 2.48. The molecule has 1 saturated heterocycles. The highest BCUT2D eigenvalue weighted by Gasteiger charge is 2.33. The van der Waals surface area contributed by atoms with Crippen LogP contribution in [0.3, 0.4) is 0 Å². The summed E-state index contributed by atoms with van der Waals surface area (Å²) in [5, 5.41) is 12.7. The van der Waals surface area contributed by atoms with Crippen LogP contribution in [0.1, 0.15) is 18.4 Å². The molecule has 2 nitrogen and oxygen atoms in total. The third-order valence-corrected chi connectivity index (χ3v) is 4.20. The van der Waals surface area contributed by atoms with Gasteiger partial charge >= 0.3 is 0 Å². The molecule has 0 radical (unpaired) electrons. The van der Waals surface area contributed by atoms with Gasteiger partial charge in [0, 0.05) is 17.5 Å². The van der Waals surface area contributed by atoms with Crippen molar-refractivity contribution in [3.05, 3.63) is 33.8 Å². The molecule has 0 bridgehead atoms. The van der Waals surface area contributed by atoms with Gasteiger partial charge in [-0.3, -0.25) is 0 Å². The molecule has 0 aliphatic carbocycles. The van der Waals surface area contributed by atoms with Crippen LogP contribution in [0.25, 0.3) is 0 Å². The Hall–Kier alpha value is -0.520. The lowest BCUT2D eigenvalue weighted by Gasteiger charge is -2.36. The molecular formula is C13H16BrF2NO. The molecule has 1 aromatic rings. The van der Waals surface area contributed by atoms with Gasteiger partial charge in [0.15, 0.2) is 0 Å². The van der Waals surface area contributed by atoms with Crippen molar-refractivity contribution in [2.24, 2.45) is 5.41 Å². The summed E-state index contributed by atoms with van der Waals surface area (Å²) in [7, 11) is 0. The maximum atomic E-state index is 13.9. The zero-order chi connectivity index (χ0) is 13.2. The lowest BCUT2D eigenvalue weighted by atomic mass is 9.76. The Morgan fingerprint density at radius 1 is 1.39 bits per heavy atom.